The molecule has 0 aromatic heterocycles. The summed E-state index contributed by atoms with van der Waals surface area (Å²) in [5.74, 6) is 0. The van der Waals surface area contributed by atoms with Gasteiger partial charge in [0.25, 0.3) is 0 Å². The number of nitrogens with two attached hydrogens (primary N) is 1. The summed E-state index contributed by atoms with van der Waals surface area (Å²) in [5.41, 5.74) is 10.3. The van der Waals surface area contributed by atoms with E-state index >= 15 is 0 Å². The van der Waals surface area contributed by atoms with E-state index in [1.54, 1.807) is 0 Å². The van der Waals surface area contributed by atoms with Crippen LogP contribution in [-0.4, -0.2) is 19.1 Å². The predicted molar refractivity (Wildman–Crippen MR) is 74.6 cm³/mol. The van der Waals surface area contributed by atoms with Gasteiger partial charge in [-0.15, -0.1) is 0 Å². The normalized spacial score (nSPS) is 24.7. The Bertz CT molecular complexity index is 387. The van der Waals surface area contributed by atoms with Crippen LogP contribution in [0.15, 0.2) is 18.2 Å². The van der Waals surface area contributed by atoms with E-state index in [0.29, 0.717) is 12.1 Å². The molecule has 94 valence electrons. The first-order chi connectivity index (χ1) is 8.09. The highest BCUT2D eigenvalue weighted by Gasteiger charge is 2.26. The summed E-state index contributed by atoms with van der Waals surface area (Å²) in [5, 5.41) is 0. The molecule has 2 N–H and O–H groups in total. The Morgan fingerprint density at radius 2 is 1.88 bits per heavy atom. The first-order valence-corrected chi connectivity index (χ1v) is 6.65. The van der Waals surface area contributed by atoms with Crippen LogP contribution < -0.4 is 10.6 Å². The molecule has 0 aliphatic heterocycles. The fraction of sp³-hybridized carbons (Fsp3) is 0.600. The summed E-state index contributed by atoms with van der Waals surface area (Å²) in [6.07, 6.45) is 5.00. The lowest BCUT2D eigenvalue weighted by atomic mass is 9.89. The molecule has 0 spiro atoms. The van der Waals surface area contributed by atoms with Crippen LogP contribution in [-0.2, 0) is 0 Å². The minimum Gasteiger partial charge on any atom is -0.370 e. The largest absolute Gasteiger partial charge is 0.370 e. The van der Waals surface area contributed by atoms with Crippen molar-refractivity contribution in [1.29, 1.82) is 0 Å². The molecule has 1 saturated carbocycles. The number of hydrogen-bond acceptors (Lipinski definition) is 2. The zero-order valence-corrected chi connectivity index (χ0v) is 11.2. The molecule has 17 heavy (non-hydrogen) atoms. The molecule has 2 heteroatoms. The first kappa shape index (κ1) is 12.4. The lowest BCUT2D eigenvalue weighted by Gasteiger charge is -2.38. The van der Waals surface area contributed by atoms with Gasteiger partial charge in [0.05, 0.1) is 0 Å². The summed E-state index contributed by atoms with van der Waals surface area (Å²) in [6, 6.07) is 7.48. The van der Waals surface area contributed by atoms with Gasteiger partial charge in [0.15, 0.2) is 0 Å². The minimum absolute atomic E-state index is 0.327. The molecule has 1 aliphatic carbocycles. The molecule has 0 radical (unpaired) electrons. The van der Waals surface area contributed by atoms with Gasteiger partial charge in [0, 0.05) is 24.8 Å². The molecule has 0 saturated heterocycles. The molecule has 2 unspecified atom stereocenters. The summed E-state index contributed by atoms with van der Waals surface area (Å²) in [6.45, 7) is 4.33. The molecule has 2 nitrogen and oxygen atoms in total. The number of aryl methyl sites for hydroxylation is 2. The van der Waals surface area contributed by atoms with Gasteiger partial charge in [-0.05, 0) is 43.9 Å². The summed E-state index contributed by atoms with van der Waals surface area (Å²) in [7, 11) is 2.19. The fourth-order valence-corrected chi connectivity index (χ4v) is 2.90. The Kier molecular flexibility index (Phi) is 3.72. The van der Waals surface area contributed by atoms with E-state index in [4.69, 9.17) is 5.73 Å². The third-order valence-corrected chi connectivity index (χ3v) is 4.02. The van der Waals surface area contributed by atoms with Gasteiger partial charge in [0.1, 0.15) is 0 Å². The highest BCUT2D eigenvalue weighted by molar-refractivity contribution is 5.55. The Labute approximate surface area is 105 Å². The number of likely N-dealkylation sites (N-methyl/N-ethyl adjacent to an activating group) is 1. The van der Waals surface area contributed by atoms with Crippen LogP contribution in [0.3, 0.4) is 0 Å². The van der Waals surface area contributed by atoms with Gasteiger partial charge in [-0.1, -0.05) is 25.0 Å². The Balaban J connectivity index is 2.23. The molecule has 1 aromatic rings. The first-order valence-electron chi connectivity index (χ1n) is 6.65. The van der Waals surface area contributed by atoms with Crippen molar-refractivity contribution in [3.05, 3.63) is 29.3 Å². The maximum atomic E-state index is 6.26. The van der Waals surface area contributed by atoms with Crippen molar-refractivity contribution in [3.63, 3.8) is 0 Å². The van der Waals surface area contributed by atoms with Crippen LogP contribution in [0.4, 0.5) is 5.69 Å². The van der Waals surface area contributed by atoms with E-state index in [1.807, 2.05) is 0 Å². The lowest BCUT2D eigenvalue weighted by Crippen LogP contribution is -2.48. The molecule has 1 aromatic carbocycles. The molecule has 2 rings (SSSR count). The second-order valence-corrected chi connectivity index (χ2v) is 5.42. The van der Waals surface area contributed by atoms with Crippen molar-refractivity contribution in [2.24, 2.45) is 5.73 Å². The topological polar surface area (TPSA) is 29.3 Å². The second-order valence-electron chi connectivity index (χ2n) is 5.42. The van der Waals surface area contributed by atoms with Crippen LogP contribution in [0.25, 0.3) is 0 Å². The molecular formula is C15H24N2. The van der Waals surface area contributed by atoms with E-state index in [1.165, 1.54) is 42.5 Å². The Morgan fingerprint density at radius 1 is 1.18 bits per heavy atom. The number of benzene rings is 1. The zero-order valence-electron chi connectivity index (χ0n) is 11.2. The van der Waals surface area contributed by atoms with Gasteiger partial charge in [-0.25, -0.2) is 0 Å². The van der Waals surface area contributed by atoms with Gasteiger partial charge >= 0.3 is 0 Å². The summed E-state index contributed by atoms with van der Waals surface area (Å²) < 4.78 is 0. The average Bonchev–Trinajstić information content (AvgIpc) is 2.32. The highest BCUT2D eigenvalue weighted by Crippen LogP contribution is 2.28. The van der Waals surface area contributed by atoms with E-state index in [2.05, 4.69) is 44.0 Å². The van der Waals surface area contributed by atoms with E-state index in [-0.39, 0.29) is 0 Å². The smallest absolute Gasteiger partial charge is 0.0437 e. The summed E-state index contributed by atoms with van der Waals surface area (Å²) >= 11 is 0. The lowest BCUT2D eigenvalue weighted by molar-refractivity contribution is 0.373. The third kappa shape index (κ3) is 2.63. The third-order valence-electron chi connectivity index (χ3n) is 4.02. The van der Waals surface area contributed by atoms with Crippen LogP contribution >= 0.6 is 0 Å². The molecule has 2 atom stereocenters. The van der Waals surface area contributed by atoms with Crippen molar-refractivity contribution in [3.8, 4) is 0 Å². The van der Waals surface area contributed by atoms with Crippen molar-refractivity contribution in [1.82, 2.24) is 0 Å². The van der Waals surface area contributed by atoms with Crippen molar-refractivity contribution in [2.45, 2.75) is 51.6 Å². The van der Waals surface area contributed by atoms with Gasteiger partial charge in [-0.3, -0.25) is 0 Å². The maximum absolute atomic E-state index is 6.26. The van der Waals surface area contributed by atoms with Gasteiger partial charge < -0.3 is 10.6 Å². The zero-order chi connectivity index (χ0) is 12.4. The van der Waals surface area contributed by atoms with Crippen LogP contribution in [0.1, 0.15) is 36.8 Å². The Hall–Kier alpha value is -1.02. The minimum atomic E-state index is 0.327. The van der Waals surface area contributed by atoms with E-state index in [9.17, 15) is 0 Å². The van der Waals surface area contributed by atoms with E-state index < -0.39 is 0 Å². The number of nitrogens with zero attached hydrogens (tertiary/aromatic N) is 1. The van der Waals surface area contributed by atoms with Crippen molar-refractivity contribution < 1.29 is 0 Å². The number of rotatable bonds is 2. The monoisotopic (exact) mass is 232 g/mol. The molecule has 0 heterocycles. The number of hydrogen-bond donors (Lipinski definition) is 1. The van der Waals surface area contributed by atoms with Crippen molar-refractivity contribution >= 4 is 5.69 Å². The SMILES string of the molecule is Cc1ccc(C)c(N(C)C2CCCCC2N)c1. The molecule has 0 bridgehead atoms. The standard InChI is InChI=1S/C15H24N2/c1-11-8-9-12(2)15(10-11)17(3)14-7-5-4-6-13(14)16/h8-10,13-14H,4-7,16H2,1-3H3. The van der Waals surface area contributed by atoms with Gasteiger partial charge in [0.2, 0.25) is 0 Å². The molecule has 1 aliphatic rings. The van der Waals surface area contributed by atoms with E-state index in [0.717, 1.165) is 0 Å². The molecule has 1 fully saturated rings. The molecular weight excluding hydrogens is 208 g/mol. The van der Waals surface area contributed by atoms with Crippen LogP contribution in [0.5, 0.6) is 0 Å². The maximum Gasteiger partial charge on any atom is 0.0437 e. The number of anilines is 1. The second kappa shape index (κ2) is 5.09. The average molecular weight is 232 g/mol. The predicted octanol–water partition coefficient (Wildman–Crippen LogP) is 3.01. The van der Waals surface area contributed by atoms with Gasteiger partial charge in [-0.2, -0.15) is 0 Å². The Morgan fingerprint density at radius 3 is 2.59 bits per heavy atom. The van der Waals surface area contributed by atoms with Crippen LogP contribution in [0, 0.1) is 13.8 Å². The van der Waals surface area contributed by atoms with Crippen molar-refractivity contribution in [2.75, 3.05) is 11.9 Å². The fourth-order valence-electron chi connectivity index (χ4n) is 2.90. The summed E-state index contributed by atoms with van der Waals surface area (Å²) in [4.78, 5) is 2.40. The highest BCUT2D eigenvalue weighted by atomic mass is 15.2. The quantitative estimate of drug-likeness (QED) is 0.849. The van der Waals surface area contributed by atoms with Crippen LogP contribution in [0.2, 0.25) is 0 Å². The molecule has 0 amide bonds.